The molecule has 6 heteroatoms. The predicted octanol–water partition coefficient (Wildman–Crippen LogP) is 6.12. The van der Waals surface area contributed by atoms with Crippen LogP contribution >= 0.6 is 0 Å². The lowest BCUT2D eigenvalue weighted by molar-refractivity contribution is 0.102. The number of unbranched alkanes of at least 4 members (excludes halogenated alkanes) is 1. The second-order valence-electron chi connectivity index (χ2n) is 9.76. The molecule has 0 atom stereocenters. The predicted molar refractivity (Wildman–Crippen MR) is 158 cm³/mol. The van der Waals surface area contributed by atoms with Gasteiger partial charge in [-0.15, -0.1) is 0 Å². The van der Waals surface area contributed by atoms with E-state index in [0.717, 1.165) is 41.1 Å². The summed E-state index contributed by atoms with van der Waals surface area (Å²) >= 11 is 0. The molecule has 4 rings (SSSR count). The zero-order valence-electron chi connectivity index (χ0n) is 22.2. The van der Waals surface area contributed by atoms with E-state index in [2.05, 4.69) is 19.4 Å². The molecule has 198 valence electrons. The summed E-state index contributed by atoms with van der Waals surface area (Å²) in [7, 11) is 0.204. The number of Topliss-reactive ketones (excluding diaryl/α,β-unsaturated/α-hetero) is 1. The van der Waals surface area contributed by atoms with Crippen LogP contribution in [0.25, 0.3) is 0 Å². The number of ketones is 1. The molecule has 4 aromatic carbocycles. The number of carbonyl (C=O) groups is 1. The zero-order valence-corrected chi connectivity index (χ0v) is 23.0. The smallest absolute Gasteiger partial charge is 0.211 e. The number of benzene rings is 4. The molecule has 4 aromatic rings. The van der Waals surface area contributed by atoms with E-state index in [1.54, 1.807) is 36.4 Å². The molecule has 0 amide bonds. The van der Waals surface area contributed by atoms with Gasteiger partial charge in [-0.3, -0.25) is 4.79 Å². The molecule has 1 nitrogen and oxygen atoms in total. The summed E-state index contributed by atoms with van der Waals surface area (Å²) in [6.07, 6.45) is 5.47. The van der Waals surface area contributed by atoms with Gasteiger partial charge in [-0.2, -0.15) is 22.7 Å². The first-order chi connectivity index (χ1) is 18.3. The van der Waals surface area contributed by atoms with Gasteiger partial charge in [-0.25, -0.2) is 13.2 Å². The van der Waals surface area contributed by atoms with Gasteiger partial charge in [0.1, 0.15) is 17.5 Å². The van der Waals surface area contributed by atoms with Crippen LogP contribution in [0.1, 0.15) is 30.1 Å². The van der Waals surface area contributed by atoms with Crippen molar-refractivity contribution in [2.75, 3.05) is 18.3 Å². The van der Waals surface area contributed by atoms with Crippen LogP contribution in [0, 0.1) is 17.5 Å². The molecule has 0 heterocycles. The molecule has 0 aliphatic rings. The van der Waals surface area contributed by atoms with E-state index >= 15 is 0 Å². The summed E-state index contributed by atoms with van der Waals surface area (Å²) in [4.78, 5) is 11.5. The van der Waals surface area contributed by atoms with Crippen LogP contribution in [-0.2, 0) is 10.9 Å². The van der Waals surface area contributed by atoms with E-state index in [-0.39, 0.29) is 34.1 Å². The molecular formula is C32H34BF3OS. The Morgan fingerprint density at radius 2 is 1.05 bits per heavy atom. The third-order valence-electron chi connectivity index (χ3n) is 6.82. The van der Waals surface area contributed by atoms with E-state index in [9.17, 15) is 18.0 Å². The molecular weight excluding hydrogens is 500 g/mol. The highest BCUT2D eigenvalue weighted by Crippen LogP contribution is 2.17. The van der Waals surface area contributed by atoms with Gasteiger partial charge in [-0.1, -0.05) is 86.5 Å². The van der Waals surface area contributed by atoms with Gasteiger partial charge < -0.3 is 0 Å². The first-order valence-electron chi connectivity index (χ1n) is 12.8. The lowest BCUT2D eigenvalue weighted by atomic mass is 9.14. The van der Waals surface area contributed by atoms with Crippen molar-refractivity contribution in [1.82, 2.24) is 0 Å². The van der Waals surface area contributed by atoms with Crippen LogP contribution in [0.3, 0.4) is 0 Å². The van der Waals surface area contributed by atoms with Gasteiger partial charge in [0.2, 0.25) is 5.78 Å². The lowest BCUT2D eigenvalue weighted by Crippen LogP contribution is -2.67. The Bertz CT molecular complexity index is 1160. The molecule has 0 spiro atoms. The Labute approximate surface area is 227 Å². The molecule has 0 aliphatic carbocycles. The van der Waals surface area contributed by atoms with Crippen molar-refractivity contribution in [3.8, 4) is 0 Å². The lowest BCUT2D eigenvalue weighted by Gasteiger charge is -2.43. The Morgan fingerprint density at radius 3 is 1.39 bits per heavy atom. The van der Waals surface area contributed by atoms with Gasteiger partial charge in [0.15, 0.2) is 5.75 Å². The molecule has 38 heavy (non-hydrogen) atoms. The summed E-state index contributed by atoms with van der Waals surface area (Å²) in [6.45, 7) is 2.11. The second kappa shape index (κ2) is 14.1. The number of hydrogen-bond donors (Lipinski definition) is 0. The first kappa shape index (κ1) is 29.3. The van der Waals surface area contributed by atoms with Crippen molar-refractivity contribution < 1.29 is 18.0 Å². The van der Waals surface area contributed by atoms with Gasteiger partial charge in [0.25, 0.3) is 0 Å². The van der Waals surface area contributed by atoms with Crippen molar-refractivity contribution in [3.63, 3.8) is 0 Å². The van der Waals surface area contributed by atoms with Gasteiger partial charge in [0, 0.05) is 5.56 Å². The van der Waals surface area contributed by atoms with Crippen LogP contribution in [0.2, 0.25) is 6.32 Å². The van der Waals surface area contributed by atoms with Gasteiger partial charge in [0.05, 0.1) is 18.7 Å². The number of rotatable bonds is 9. The fourth-order valence-corrected chi connectivity index (χ4v) is 5.62. The topological polar surface area (TPSA) is 17.1 Å². The van der Waals surface area contributed by atoms with Crippen molar-refractivity contribution in [3.05, 3.63) is 126 Å². The average Bonchev–Trinajstić information content (AvgIpc) is 2.92. The minimum atomic E-state index is -1.46. The van der Waals surface area contributed by atoms with Crippen LogP contribution < -0.4 is 16.4 Å². The fraction of sp³-hybridized carbons (Fsp3) is 0.219. The highest BCUT2D eigenvalue weighted by Gasteiger charge is 2.29. The monoisotopic (exact) mass is 534 g/mol. The molecule has 0 saturated heterocycles. The van der Waals surface area contributed by atoms with Crippen LogP contribution in [0.4, 0.5) is 13.2 Å². The SMILES string of the molecule is CCCC[B-](c1ccc(F)cc1)(c1ccc(F)cc1)c1ccc(F)cc1.C[S+](C)CC(=O)c1ccccc1. The van der Waals surface area contributed by atoms with Crippen LogP contribution in [0.15, 0.2) is 103 Å². The maximum absolute atomic E-state index is 13.5. The highest BCUT2D eigenvalue weighted by molar-refractivity contribution is 7.96. The fourth-order valence-electron chi connectivity index (χ4n) is 4.93. The normalized spacial score (nSPS) is 11.1. The van der Waals surface area contributed by atoms with Crippen molar-refractivity contribution >= 4 is 39.2 Å². The molecule has 0 unspecified atom stereocenters. The Morgan fingerprint density at radius 1 is 0.658 bits per heavy atom. The largest absolute Gasteiger partial charge is 0.289 e. The molecule has 0 fully saturated rings. The first-order valence-corrected chi connectivity index (χ1v) is 15.0. The molecule has 0 radical (unpaired) electrons. The third-order valence-corrected chi connectivity index (χ3v) is 7.66. The van der Waals surface area contributed by atoms with E-state index < -0.39 is 6.15 Å². The average molecular weight is 534 g/mol. The summed E-state index contributed by atoms with van der Waals surface area (Å²) in [6, 6.07) is 28.9. The summed E-state index contributed by atoms with van der Waals surface area (Å²) in [5, 5.41) is 0. The highest BCUT2D eigenvalue weighted by atomic mass is 32.2. The Kier molecular flexibility index (Phi) is 10.8. The van der Waals surface area contributed by atoms with E-state index in [1.807, 2.05) is 30.3 Å². The van der Waals surface area contributed by atoms with Crippen LogP contribution in [-0.4, -0.2) is 30.2 Å². The number of hydrogen-bond acceptors (Lipinski definition) is 1. The summed E-state index contributed by atoms with van der Waals surface area (Å²) in [5.41, 5.74) is 3.74. The summed E-state index contributed by atoms with van der Waals surface area (Å²) < 4.78 is 40.6. The van der Waals surface area contributed by atoms with E-state index in [1.165, 1.54) is 36.4 Å². The molecule has 0 saturated carbocycles. The number of carbonyl (C=O) groups excluding carboxylic acids is 1. The van der Waals surface area contributed by atoms with Crippen molar-refractivity contribution in [1.29, 1.82) is 0 Å². The molecule has 0 bridgehead atoms. The molecule has 0 aliphatic heterocycles. The van der Waals surface area contributed by atoms with Gasteiger partial charge >= 0.3 is 0 Å². The van der Waals surface area contributed by atoms with Crippen molar-refractivity contribution in [2.45, 2.75) is 26.1 Å². The minimum Gasteiger partial charge on any atom is -0.289 e. The van der Waals surface area contributed by atoms with E-state index in [4.69, 9.17) is 0 Å². The quantitative estimate of drug-likeness (QED) is 0.144. The molecule has 0 aromatic heterocycles. The number of halogens is 3. The third kappa shape index (κ3) is 7.64. The van der Waals surface area contributed by atoms with Gasteiger partial charge in [-0.05, 0) is 47.3 Å². The Balaban J connectivity index is 0.000000279. The standard InChI is InChI=1S/C22H21BF3.C10H13OS/c1-2-3-16-23(17-4-10-20(24)11-5-17,18-6-12-21(25)13-7-18)19-8-14-22(26)15-9-19;1-12(2)8-10(11)9-6-4-3-5-7-9/h4-15H,2-3,16H2,1H3;3-7H,8H2,1-2H3/q-1;+1. The minimum absolute atomic E-state index is 0.204. The van der Waals surface area contributed by atoms with E-state index in [0.29, 0.717) is 5.75 Å². The maximum Gasteiger partial charge on any atom is 0.211 e. The zero-order chi connectivity index (χ0) is 27.5. The molecule has 0 N–H and O–H groups in total. The van der Waals surface area contributed by atoms with Crippen LogP contribution in [0.5, 0.6) is 0 Å². The summed E-state index contributed by atoms with van der Waals surface area (Å²) in [5.74, 6) is 0.0275. The Hall–Kier alpha value is -3.25. The van der Waals surface area contributed by atoms with Crippen molar-refractivity contribution in [2.24, 2.45) is 0 Å². The second-order valence-corrected chi connectivity index (χ2v) is 12.0. The maximum atomic E-state index is 13.5.